The number of aldehydes is 1. The Labute approximate surface area is 88.3 Å². The number of aromatic amines is 1. The molecule has 1 N–H and O–H groups in total. The van der Waals surface area contributed by atoms with Crippen LogP contribution in [0.4, 0.5) is 0 Å². The fourth-order valence-electron chi connectivity index (χ4n) is 2.50. The Hall–Kier alpha value is -1.57. The van der Waals surface area contributed by atoms with Crippen LogP contribution in [-0.4, -0.2) is 11.3 Å². The van der Waals surface area contributed by atoms with Crippen molar-refractivity contribution in [3.63, 3.8) is 0 Å². The van der Waals surface area contributed by atoms with Crippen LogP contribution in [-0.2, 0) is 12.8 Å². The molecule has 15 heavy (non-hydrogen) atoms. The van der Waals surface area contributed by atoms with Gasteiger partial charge in [-0.05, 0) is 37.3 Å². The predicted octanol–water partition coefficient (Wildman–Crippen LogP) is 2.86. The lowest BCUT2D eigenvalue weighted by Crippen LogP contribution is -1.99. The molecule has 0 spiro atoms. The van der Waals surface area contributed by atoms with Crippen LogP contribution >= 0.6 is 0 Å². The molecule has 0 unspecified atom stereocenters. The predicted molar refractivity (Wildman–Crippen MR) is 60.3 cm³/mol. The summed E-state index contributed by atoms with van der Waals surface area (Å²) in [4.78, 5) is 14.1. The quantitative estimate of drug-likeness (QED) is 0.704. The minimum atomic E-state index is 0.751. The highest BCUT2D eigenvalue weighted by atomic mass is 16.1. The molecule has 76 valence electrons. The van der Waals surface area contributed by atoms with Crippen LogP contribution in [0.25, 0.3) is 10.9 Å². The van der Waals surface area contributed by atoms with Crippen molar-refractivity contribution < 1.29 is 4.79 Å². The van der Waals surface area contributed by atoms with E-state index in [4.69, 9.17) is 0 Å². The molecule has 0 radical (unpaired) electrons. The molecule has 2 heteroatoms. The molecule has 0 saturated carbocycles. The largest absolute Gasteiger partial charge is 0.358 e. The average Bonchev–Trinajstić information content (AvgIpc) is 2.66. The van der Waals surface area contributed by atoms with Gasteiger partial charge in [0, 0.05) is 22.2 Å². The summed E-state index contributed by atoms with van der Waals surface area (Å²) in [5.74, 6) is 0. The zero-order chi connectivity index (χ0) is 10.3. The van der Waals surface area contributed by atoms with E-state index in [2.05, 4.69) is 11.1 Å². The zero-order valence-electron chi connectivity index (χ0n) is 8.55. The molecule has 0 amide bonds. The minimum absolute atomic E-state index is 0.751. The van der Waals surface area contributed by atoms with Gasteiger partial charge in [-0.1, -0.05) is 12.1 Å². The van der Waals surface area contributed by atoms with Gasteiger partial charge in [0.05, 0.1) is 0 Å². The minimum Gasteiger partial charge on any atom is -0.358 e. The molecule has 3 rings (SSSR count). The SMILES string of the molecule is O=Cc1ccc2c3c([nH]c2c1)CCCC3. The first-order chi connectivity index (χ1) is 7.38. The van der Waals surface area contributed by atoms with E-state index in [9.17, 15) is 4.79 Å². The Kier molecular flexibility index (Phi) is 1.88. The standard InChI is InChI=1S/C13H13NO/c15-8-9-5-6-11-10-3-1-2-4-12(10)14-13(11)7-9/h5-8,14H,1-4H2. The molecular formula is C13H13NO. The molecular weight excluding hydrogens is 186 g/mol. The fourth-order valence-corrected chi connectivity index (χ4v) is 2.50. The van der Waals surface area contributed by atoms with Crippen LogP contribution in [0.5, 0.6) is 0 Å². The summed E-state index contributed by atoms with van der Waals surface area (Å²) in [6, 6.07) is 5.92. The molecule has 0 aliphatic heterocycles. The Morgan fingerprint density at radius 1 is 1.20 bits per heavy atom. The highest BCUT2D eigenvalue weighted by Crippen LogP contribution is 2.29. The molecule has 1 heterocycles. The average molecular weight is 199 g/mol. The van der Waals surface area contributed by atoms with Gasteiger partial charge < -0.3 is 4.98 Å². The van der Waals surface area contributed by atoms with E-state index in [1.165, 1.54) is 35.9 Å². The first-order valence-corrected chi connectivity index (χ1v) is 5.47. The molecule has 0 fully saturated rings. The highest BCUT2D eigenvalue weighted by Gasteiger charge is 2.14. The number of aryl methyl sites for hydroxylation is 2. The second-order valence-electron chi connectivity index (χ2n) is 4.21. The van der Waals surface area contributed by atoms with Crippen LogP contribution < -0.4 is 0 Å². The number of H-pyrrole nitrogens is 1. The fraction of sp³-hybridized carbons (Fsp3) is 0.308. The number of nitrogens with one attached hydrogen (secondary N) is 1. The number of carbonyl (C=O) groups excluding carboxylic acids is 1. The third kappa shape index (κ3) is 1.29. The van der Waals surface area contributed by atoms with Crippen LogP contribution in [0.15, 0.2) is 18.2 Å². The van der Waals surface area contributed by atoms with E-state index >= 15 is 0 Å². The van der Waals surface area contributed by atoms with Gasteiger partial charge in [0.1, 0.15) is 6.29 Å². The third-order valence-electron chi connectivity index (χ3n) is 3.26. The first kappa shape index (κ1) is 8.72. The maximum atomic E-state index is 10.7. The molecule has 0 bridgehead atoms. The summed E-state index contributed by atoms with van der Waals surface area (Å²) in [5, 5.41) is 1.30. The van der Waals surface area contributed by atoms with Crippen molar-refractivity contribution in [1.29, 1.82) is 0 Å². The van der Waals surface area contributed by atoms with Gasteiger partial charge in [-0.15, -0.1) is 0 Å². The Bertz CT molecular complexity index is 525. The van der Waals surface area contributed by atoms with Crippen LogP contribution in [0.2, 0.25) is 0 Å². The normalized spacial score (nSPS) is 15.2. The van der Waals surface area contributed by atoms with E-state index in [0.29, 0.717) is 0 Å². The van der Waals surface area contributed by atoms with Gasteiger partial charge in [-0.25, -0.2) is 0 Å². The van der Waals surface area contributed by atoms with E-state index in [1.807, 2.05) is 12.1 Å². The van der Waals surface area contributed by atoms with Gasteiger partial charge in [-0.3, -0.25) is 4.79 Å². The van der Waals surface area contributed by atoms with Gasteiger partial charge >= 0.3 is 0 Å². The lowest BCUT2D eigenvalue weighted by atomic mass is 9.95. The number of carbonyl (C=O) groups is 1. The van der Waals surface area contributed by atoms with Crippen molar-refractivity contribution in [2.45, 2.75) is 25.7 Å². The number of fused-ring (bicyclic) bond motifs is 3. The van der Waals surface area contributed by atoms with Crippen molar-refractivity contribution in [3.05, 3.63) is 35.0 Å². The smallest absolute Gasteiger partial charge is 0.150 e. The number of hydrogen-bond donors (Lipinski definition) is 1. The van der Waals surface area contributed by atoms with Gasteiger partial charge in [0.2, 0.25) is 0 Å². The zero-order valence-corrected chi connectivity index (χ0v) is 8.55. The van der Waals surface area contributed by atoms with E-state index in [-0.39, 0.29) is 0 Å². The lowest BCUT2D eigenvalue weighted by molar-refractivity contribution is 0.112. The molecule has 0 saturated heterocycles. The van der Waals surface area contributed by atoms with Crippen molar-refractivity contribution in [2.75, 3.05) is 0 Å². The Morgan fingerprint density at radius 2 is 2.07 bits per heavy atom. The number of hydrogen-bond acceptors (Lipinski definition) is 1. The Balaban J connectivity index is 2.26. The van der Waals surface area contributed by atoms with Gasteiger partial charge in [0.25, 0.3) is 0 Å². The van der Waals surface area contributed by atoms with Crippen LogP contribution in [0.1, 0.15) is 34.5 Å². The molecule has 1 aromatic heterocycles. The van der Waals surface area contributed by atoms with E-state index in [0.717, 1.165) is 23.8 Å². The number of aromatic nitrogens is 1. The van der Waals surface area contributed by atoms with Crippen LogP contribution in [0.3, 0.4) is 0 Å². The summed E-state index contributed by atoms with van der Waals surface area (Å²) in [7, 11) is 0. The second-order valence-corrected chi connectivity index (χ2v) is 4.21. The maximum Gasteiger partial charge on any atom is 0.150 e. The van der Waals surface area contributed by atoms with E-state index < -0.39 is 0 Å². The van der Waals surface area contributed by atoms with Crippen molar-refractivity contribution in [1.82, 2.24) is 4.98 Å². The molecule has 2 nitrogen and oxygen atoms in total. The third-order valence-corrected chi connectivity index (χ3v) is 3.26. The van der Waals surface area contributed by atoms with Crippen molar-refractivity contribution in [2.24, 2.45) is 0 Å². The van der Waals surface area contributed by atoms with Crippen molar-refractivity contribution in [3.8, 4) is 0 Å². The number of rotatable bonds is 1. The monoisotopic (exact) mass is 199 g/mol. The highest BCUT2D eigenvalue weighted by molar-refractivity contribution is 5.90. The van der Waals surface area contributed by atoms with Crippen LogP contribution in [0, 0.1) is 0 Å². The summed E-state index contributed by atoms with van der Waals surface area (Å²) < 4.78 is 0. The molecule has 0 atom stereocenters. The second kappa shape index (κ2) is 3.23. The van der Waals surface area contributed by atoms with Gasteiger partial charge in [-0.2, -0.15) is 0 Å². The molecule has 1 aliphatic rings. The maximum absolute atomic E-state index is 10.7. The topological polar surface area (TPSA) is 32.9 Å². The number of benzene rings is 1. The Morgan fingerprint density at radius 3 is 2.93 bits per heavy atom. The lowest BCUT2D eigenvalue weighted by Gasteiger charge is -2.10. The first-order valence-electron chi connectivity index (χ1n) is 5.47. The summed E-state index contributed by atoms with van der Waals surface area (Å²) in [6.45, 7) is 0. The summed E-state index contributed by atoms with van der Waals surface area (Å²) in [5.41, 5.74) is 4.71. The summed E-state index contributed by atoms with van der Waals surface area (Å²) in [6.07, 6.45) is 5.80. The molecule has 2 aromatic rings. The molecule has 1 aromatic carbocycles. The summed E-state index contributed by atoms with van der Waals surface area (Å²) >= 11 is 0. The van der Waals surface area contributed by atoms with Crippen molar-refractivity contribution >= 4 is 17.2 Å². The molecule has 1 aliphatic carbocycles. The van der Waals surface area contributed by atoms with Gasteiger partial charge in [0.15, 0.2) is 0 Å². The van der Waals surface area contributed by atoms with E-state index in [1.54, 1.807) is 0 Å².